The van der Waals surface area contributed by atoms with Crippen LogP contribution in [0.3, 0.4) is 0 Å². The number of hydrogen-bond donors (Lipinski definition) is 4. The van der Waals surface area contributed by atoms with Gasteiger partial charge in [0.15, 0.2) is 0 Å². The van der Waals surface area contributed by atoms with E-state index in [2.05, 4.69) is 0 Å². The molecule has 0 aliphatic rings. The maximum atomic E-state index is 9.68. The van der Waals surface area contributed by atoms with Gasteiger partial charge >= 0.3 is 0 Å². The summed E-state index contributed by atoms with van der Waals surface area (Å²) in [5.74, 6) is 0.498. The second-order valence-corrected chi connectivity index (χ2v) is 4.45. The Morgan fingerprint density at radius 2 is 2.00 bits per heavy atom. The highest BCUT2D eigenvalue weighted by Gasteiger charge is 2.23. The van der Waals surface area contributed by atoms with E-state index in [9.17, 15) is 5.11 Å². The maximum Gasteiger partial charge on any atom is 0.142 e. The van der Waals surface area contributed by atoms with E-state index in [1.807, 2.05) is 0 Å². The molecule has 0 saturated heterocycles. The Hall–Kier alpha value is -1.46. The van der Waals surface area contributed by atoms with Crippen molar-refractivity contribution < 1.29 is 9.84 Å². The second kappa shape index (κ2) is 4.59. The normalized spacial score (nSPS) is 13.5. The molecule has 0 aromatic heterocycles. The average Bonchev–Trinajstić information content (AvgIpc) is 2.14. The van der Waals surface area contributed by atoms with Crippen molar-refractivity contribution >= 4 is 11.4 Å². The molecule has 0 radical (unpaired) electrons. The highest BCUT2D eigenvalue weighted by Crippen LogP contribution is 2.24. The topological polar surface area (TPSA) is 108 Å². The molecule has 1 rings (SSSR count). The molecular weight excluding hydrogens is 206 g/mol. The molecule has 1 atom stereocenters. The van der Waals surface area contributed by atoms with E-state index in [0.29, 0.717) is 17.1 Å². The minimum Gasteiger partial charge on any atom is -0.489 e. The van der Waals surface area contributed by atoms with Crippen LogP contribution in [0.5, 0.6) is 5.75 Å². The van der Waals surface area contributed by atoms with Gasteiger partial charge in [-0.1, -0.05) is 0 Å². The van der Waals surface area contributed by atoms with Gasteiger partial charge in [-0.15, -0.1) is 0 Å². The van der Waals surface area contributed by atoms with Crippen molar-refractivity contribution in [3.05, 3.63) is 18.2 Å². The van der Waals surface area contributed by atoms with Gasteiger partial charge in [-0.2, -0.15) is 0 Å². The molecule has 5 heteroatoms. The van der Waals surface area contributed by atoms with Gasteiger partial charge in [-0.05, 0) is 32.0 Å². The number of nitrogens with two attached hydrogens (primary N) is 3. The minimum absolute atomic E-state index is 0.0949. The van der Waals surface area contributed by atoms with Crippen LogP contribution in [0.2, 0.25) is 0 Å². The zero-order chi connectivity index (χ0) is 12.3. The fourth-order valence-electron chi connectivity index (χ4n) is 1.08. The summed E-state index contributed by atoms with van der Waals surface area (Å²) in [5.41, 5.74) is 17.3. The molecule has 90 valence electrons. The van der Waals surface area contributed by atoms with Crippen molar-refractivity contribution in [2.45, 2.75) is 25.5 Å². The SMILES string of the molecule is CC(C)(N)C(O)COc1ccc(N)cc1N. The fourth-order valence-corrected chi connectivity index (χ4v) is 1.08. The summed E-state index contributed by atoms with van der Waals surface area (Å²) in [6, 6.07) is 4.96. The summed E-state index contributed by atoms with van der Waals surface area (Å²) in [4.78, 5) is 0. The zero-order valence-electron chi connectivity index (χ0n) is 9.60. The lowest BCUT2D eigenvalue weighted by Gasteiger charge is -2.25. The van der Waals surface area contributed by atoms with Crippen LogP contribution in [0, 0.1) is 0 Å². The largest absolute Gasteiger partial charge is 0.489 e. The lowest BCUT2D eigenvalue weighted by atomic mass is 10.00. The summed E-state index contributed by atoms with van der Waals surface area (Å²) >= 11 is 0. The van der Waals surface area contributed by atoms with E-state index in [0.717, 1.165) is 0 Å². The summed E-state index contributed by atoms with van der Waals surface area (Å²) in [7, 11) is 0. The van der Waals surface area contributed by atoms with Gasteiger partial charge in [-0.25, -0.2) is 0 Å². The Balaban J connectivity index is 2.62. The highest BCUT2D eigenvalue weighted by molar-refractivity contribution is 5.60. The third-order valence-electron chi connectivity index (χ3n) is 2.29. The Kier molecular flexibility index (Phi) is 3.62. The Morgan fingerprint density at radius 1 is 1.38 bits per heavy atom. The molecule has 7 N–H and O–H groups in total. The van der Waals surface area contributed by atoms with E-state index < -0.39 is 11.6 Å². The number of ether oxygens (including phenoxy) is 1. The first kappa shape index (κ1) is 12.6. The molecule has 0 aliphatic heterocycles. The highest BCUT2D eigenvalue weighted by atomic mass is 16.5. The molecule has 5 nitrogen and oxygen atoms in total. The average molecular weight is 225 g/mol. The molecular formula is C11H19N3O2. The van der Waals surface area contributed by atoms with Crippen LogP contribution in [-0.2, 0) is 0 Å². The van der Waals surface area contributed by atoms with Crippen LogP contribution in [0.4, 0.5) is 11.4 Å². The Morgan fingerprint density at radius 3 is 2.50 bits per heavy atom. The number of hydrogen-bond acceptors (Lipinski definition) is 5. The number of rotatable bonds is 4. The van der Waals surface area contributed by atoms with E-state index in [1.165, 1.54) is 0 Å². The first-order valence-corrected chi connectivity index (χ1v) is 5.05. The van der Waals surface area contributed by atoms with E-state index in [1.54, 1.807) is 32.0 Å². The second-order valence-electron chi connectivity index (χ2n) is 4.45. The summed E-state index contributed by atoms with van der Waals surface area (Å²) in [6.07, 6.45) is -0.760. The number of aliphatic hydroxyl groups excluding tert-OH is 1. The molecule has 0 heterocycles. The van der Waals surface area contributed by atoms with Crippen molar-refractivity contribution in [2.75, 3.05) is 18.1 Å². The molecule has 0 saturated carbocycles. The van der Waals surface area contributed by atoms with Gasteiger partial charge in [0.2, 0.25) is 0 Å². The molecule has 1 aromatic carbocycles. The van der Waals surface area contributed by atoms with Crippen molar-refractivity contribution in [1.82, 2.24) is 0 Å². The molecule has 0 amide bonds. The lowest BCUT2D eigenvalue weighted by Crippen LogP contribution is -2.48. The zero-order valence-corrected chi connectivity index (χ0v) is 9.60. The quantitative estimate of drug-likeness (QED) is 0.552. The van der Waals surface area contributed by atoms with Gasteiger partial charge in [0.25, 0.3) is 0 Å². The fraction of sp³-hybridized carbons (Fsp3) is 0.455. The molecule has 1 aromatic rings. The first-order valence-electron chi connectivity index (χ1n) is 5.05. The molecule has 0 fully saturated rings. The standard InChI is InChI=1S/C11H19N3O2/c1-11(2,14)10(15)6-16-9-4-3-7(12)5-8(9)13/h3-5,10,15H,6,12-14H2,1-2H3. The predicted molar refractivity (Wildman–Crippen MR) is 65.0 cm³/mol. The smallest absolute Gasteiger partial charge is 0.142 e. The summed E-state index contributed by atoms with van der Waals surface area (Å²) in [6.45, 7) is 3.55. The molecule has 0 bridgehead atoms. The van der Waals surface area contributed by atoms with Crippen molar-refractivity contribution in [2.24, 2.45) is 5.73 Å². The van der Waals surface area contributed by atoms with E-state index in [-0.39, 0.29) is 6.61 Å². The number of nitrogen functional groups attached to an aromatic ring is 2. The third kappa shape index (κ3) is 3.29. The van der Waals surface area contributed by atoms with E-state index >= 15 is 0 Å². The van der Waals surface area contributed by atoms with Gasteiger partial charge in [0, 0.05) is 11.2 Å². The molecule has 0 spiro atoms. The van der Waals surface area contributed by atoms with Crippen LogP contribution >= 0.6 is 0 Å². The van der Waals surface area contributed by atoms with Crippen LogP contribution in [0.25, 0.3) is 0 Å². The molecule has 0 aliphatic carbocycles. The first-order chi connectivity index (χ1) is 7.30. The minimum atomic E-state index is -0.760. The Bertz CT molecular complexity index is 361. The maximum absolute atomic E-state index is 9.68. The van der Waals surface area contributed by atoms with Crippen molar-refractivity contribution in [1.29, 1.82) is 0 Å². The predicted octanol–water partition coefficient (Wildman–Crippen LogP) is 0.328. The summed E-state index contributed by atoms with van der Waals surface area (Å²) in [5, 5.41) is 9.68. The van der Waals surface area contributed by atoms with Gasteiger partial charge in [0.05, 0.1) is 5.69 Å². The number of aliphatic hydroxyl groups is 1. The van der Waals surface area contributed by atoms with Gasteiger partial charge in [-0.3, -0.25) is 0 Å². The third-order valence-corrected chi connectivity index (χ3v) is 2.29. The van der Waals surface area contributed by atoms with Crippen LogP contribution in [0.15, 0.2) is 18.2 Å². The van der Waals surface area contributed by atoms with Crippen LogP contribution < -0.4 is 21.9 Å². The van der Waals surface area contributed by atoms with Crippen LogP contribution in [-0.4, -0.2) is 23.4 Å². The van der Waals surface area contributed by atoms with Crippen molar-refractivity contribution in [3.8, 4) is 5.75 Å². The van der Waals surface area contributed by atoms with Gasteiger partial charge < -0.3 is 27.0 Å². The molecule has 1 unspecified atom stereocenters. The summed E-state index contributed by atoms with van der Waals surface area (Å²) < 4.78 is 5.37. The number of anilines is 2. The van der Waals surface area contributed by atoms with Gasteiger partial charge in [0.1, 0.15) is 18.5 Å². The monoisotopic (exact) mass is 225 g/mol. The van der Waals surface area contributed by atoms with E-state index in [4.69, 9.17) is 21.9 Å². The lowest BCUT2D eigenvalue weighted by molar-refractivity contribution is 0.0548. The van der Waals surface area contributed by atoms with Crippen LogP contribution in [0.1, 0.15) is 13.8 Å². The van der Waals surface area contributed by atoms with Crippen molar-refractivity contribution in [3.63, 3.8) is 0 Å². The number of benzene rings is 1. The Labute approximate surface area is 95.2 Å². The molecule has 16 heavy (non-hydrogen) atoms.